The molecule has 32 heavy (non-hydrogen) atoms. The van der Waals surface area contributed by atoms with Crippen molar-refractivity contribution in [3.8, 4) is 0 Å². The van der Waals surface area contributed by atoms with Crippen molar-refractivity contribution in [1.29, 1.82) is 0 Å². The Bertz CT molecular complexity index is 868. The minimum Gasteiger partial charge on any atom is -0.466 e. The predicted molar refractivity (Wildman–Crippen MR) is 122 cm³/mol. The first-order chi connectivity index (χ1) is 15.4. The molecule has 1 aromatic heterocycles. The van der Waals surface area contributed by atoms with Crippen molar-refractivity contribution in [2.45, 2.75) is 59.3 Å². The highest BCUT2D eigenvalue weighted by Crippen LogP contribution is 2.30. The summed E-state index contributed by atoms with van der Waals surface area (Å²) in [4.78, 5) is 30.9. The molecule has 3 rings (SSSR count). The van der Waals surface area contributed by atoms with Gasteiger partial charge in [0.25, 0.3) is 0 Å². The van der Waals surface area contributed by atoms with Gasteiger partial charge in [0, 0.05) is 30.1 Å². The average molecular weight is 465 g/mol. The predicted octanol–water partition coefficient (Wildman–Crippen LogP) is 5.26. The fourth-order valence-corrected chi connectivity index (χ4v) is 4.62. The van der Waals surface area contributed by atoms with Gasteiger partial charge in [0.1, 0.15) is 5.76 Å². The van der Waals surface area contributed by atoms with Crippen LogP contribution < -0.4 is 0 Å². The Kier molecular flexibility index (Phi) is 8.79. The molecule has 2 aliphatic rings. The van der Waals surface area contributed by atoms with Crippen LogP contribution in [0, 0.1) is 18.8 Å². The van der Waals surface area contributed by atoms with Crippen LogP contribution in [0.5, 0.6) is 0 Å². The number of rotatable bonds is 8. The number of aromatic nitrogens is 1. The number of oxazole rings is 1. The van der Waals surface area contributed by atoms with Crippen LogP contribution >= 0.6 is 11.6 Å². The van der Waals surface area contributed by atoms with E-state index >= 15 is 0 Å². The second-order valence-electron chi connectivity index (χ2n) is 8.27. The van der Waals surface area contributed by atoms with E-state index in [0.717, 1.165) is 49.1 Å². The molecule has 7 nitrogen and oxygen atoms in total. The highest BCUT2D eigenvalue weighted by Gasteiger charge is 2.32. The first kappa shape index (κ1) is 24.4. The molecule has 0 bridgehead atoms. The maximum absolute atomic E-state index is 12.5. The van der Waals surface area contributed by atoms with Crippen LogP contribution in [0.25, 0.3) is 5.57 Å². The number of allylic oxidation sites excluding steroid dienone is 4. The standard InChI is InChI=1S/C24H33ClN2O5/c1-4-20(23(28)30-5-2)17-9-12-27(13-10-17)24(29)31-14-11-21-16(3)32-22(26-21)18-7-6-8-19(25)15-18/h8,15,17,20H,4-7,9-14H2,1-3H3. The van der Waals surface area contributed by atoms with Gasteiger partial charge in [0.05, 0.1) is 24.8 Å². The van der Waals surface area contributed by atoms with Gasteiger partial charge in [0.15, 0.2) is 0 Å². The van der Waals surface area contributed by atoms with Gasteiger partial charge >= 0.3 is 12.1 Å². The Morgan fingerprint density at radius 3 is 2.69 bits per heavy atom. The van der Waals surface area contributed by atoms with Gasteiger partial charge < -0.3 is 18.8 Å². The number of nitrogens with zero attached hydrogens (tertiary/aromatic N) is 2. The number of halogens is 1. The van der Waals surface area contributed by atoms with E-state index in [1.807, 2.05) is 32.9 Å². The number of hydrogen-bond donors (Lipinski definition) is 0. The molecular weight excluding hydrogens is 432 g/mol. The second kappa shape index (κ2) is 11.5. The number of likely N-dealkylation sites (tertiary alicyclic amines) is 1. The zero-order valence-corrected chi connectivity index (χ0v) is 20.0. The van der Waals surface area contributed by atoms with E-state index in [2.05, 4.69) is 4.98 Å². The van der Waals surface area contributed by atoms with Gasteiger partial charge in [-0.2, -0.15) is 0 Å². The Morgan fingerprint density at radius 2 is 2.03 bits per heavy atom. The molecule has 1 fully saturated rings. The van der Waals surface area contributed by atoms with E-state index in [0.29, 0.717) is 37.0 Å². The van der Waals surface area contributed by atoms with Gasteiger partial charge in [-0.1, -0.05) is 24.6 Å². The number of hydrogen-bond acceptors (Lipinski definition) is 6. The normalized spacial score (nSPS) is 18.1. The summed E-state index contributed by atoms with van der Waals surface area (Å²) in [6.07, 6.45) is 8.07. The number of ether oxygens (including phenoxy) is 2. The molecule has 1 unspecified atom stereocenters. The fourth-order valence-electron chi connectivity index (χ4n) is 4.38. The minimum absolute atomic E-state index is 0.0953. The first-order valence-corrected chi connectivity index (χ1v) is 11.9. The zero-order valence-electron chi connectivity index (χ0n) is 19.2. The number of carbonyl (C=O) groups is 2. The van der Waals surface area contributed by atoms with Crippen LogP contribution in [-0.2, 0) is 20.7 Å². The van der Waals surface area contributed by atoms with Crippen LogP contribution in [0.1, 0.15) is 63.3 Å². The summed E-state index contributed by atoms with van der Waals surface area (Å²) in [5, 5.41) is 0.703. The molecule has 0 saturated carbocycles. The van der Waals surface area contributed by atoms with Gasteiger partial charge in [-0.05, 0) is 57.9 Å². The van der Waals surface area contributed by atoms with Crippen LogP contribution in [0.2, 0.25) is 0 Å². The summed E-state index contributed by atoms with van der Waals surface area (Å²) in [5.74, 6) is 1.34. The monoisotopic (exact) mass is 464 g/mol. The van der Waals surface area contributed by atoms with Crippen molar-refractivity contribution in [2.24, 2.45) is 11.8 Å². The maximum Gasteiger partial charge on any atom is 0.409 e. The molecule has 176 valence electrons. The van der Waals surface area contributed by atoms with E-state index < -0.39 is 0 Å². The number of piperidine rings is 1. The highest BCUT2D eigenvalue weighted by atomic mass is 35.5. The second-order valence-corrected chi connectivity index (χ2v) is 8.71. The average Bonchev–Trinajstić information content (AvgIpc) is 3.15. The van der Waals surface area contributed by atoms with Gasteiger partial charge in [-0.15, -0.1) is 0 Å². The molecule has 0 spiro atoms. The van der Waals surface area contributed by atoms with Gasteiger partial charge in [0.2, 0.25) is 5.89 Å². The lowest BCUT2D eigenvalue weighted by Crippen LogP contribution is -2.42. The molecule has 1 aliphatic carbocycles. The van der Waals surface area contributed by atoms with E-state index in [9.17, 15) is 9.59 Å². The molecule has 2 heterocycles. The van der Waals surface area contributed by atoms with Crippen molar-refractivity contribution in [3.63, 3.8) is 0 Å². The number of carbonyl (C=O) groups excluding carboxylic acids is 2. The Balaban J connectivity index is 1.45. The lowest BCUT2D eigenvalue weighted by atomic mass is 9.83. The summed E-state index contributed by atoms with van der Waals surface area (Å²) < 4.78 is 16.5. The molecule has 1 atom stereocenters. The third-order valence-corrected chi connectivity index (χ3v) is 6.46. The molecule has 8 heteroatoms. The van der Waals surface area contributed by atoms with Crippen molar-refractivity contribution in [1.82, 2.24) is 9.88 Å². The van der Waals surface area contributed by atoms with Crippen LogP contribution in [0.4, 0.5) is 4.79 Å². The molecule has 1 saturated heterocycles. The van der Waals surface area contributed by atoms with Gasteiger partial charge in [-0.25, -0.2) is 9.78 Å². The lowest BCUT2D eigenvalue weighted by molar-refractivity contribution is -0.150. The lowest BCUT2D eigenvalue weighted by Gasteiger charge is -2.34. The highest BCUT2D eigenvalue weighted by molar-refractivity contribution is 6.31. The van der Waals surface area contributed by atoms with Gasteiger partial charge in [-0.3, -0.25) is 4.79 Å². The fraction of sp³-hybridized carbons (Fsp3) is 0.625. The smallest absolute Gasteiger partial charge is 0.409 e. The molecule has 1 amide bonds. The van der Waals surface area contributed by atoms with Crippen molar-refractivity contribution in [2.75, 3.05) is 26.3 Å². The molecule has 0 N–H and O–H groups in total. The summed E-state index contributed by atoms with van der Waals surface area (Å²) in [7, 11) is 0. The first-order valence-electron chi connectivity index (χ1n) is 11.5. The Labute approximate surface area is 194 Å². The molecule has 1 aliphatic heterocycles. The quantitative estimate of drug-likeness (QED) is 0.488. The minimum atomic E-state index is -0.319. The summed E-state index contributed by atoms with van der Waals surface area (Å²) in [6, 6.07) is 0. The van der Waals surface area contributed by atoms with E-state index in [1.165, 1.54) is 0 Å². The molecule has 0 radical (unpaired) electrons. The summed E-state index contributed by atoms with van der Waals surface area (Å²) in [6.45, 7) is 7.53. The number of esters is 1. The summed E-state index contributed by atoms with van der Waals surface area (Å²) in [5.41, 5.74) is 1.78. The van der Waals surface area contributed by atoms with Crippen molar-refractivity contribution < 1.29 is 23.5 Å². The number of aryl methyl sites for hydroxylation is 1. The van der Waals surface area contributed by atoms with Crippen molar-refractivity contribution >= 4 is 29.2 Å². The SMILES string of the molecule is CCOC(=O)C(CC)C1CCN(C(=O)OCCc2nc(C3=CC(Cl)=CCC3)oc2C)CC1. The summed E-state index contributed by atoms with van der Waals surface area (Å²) >= 11 is 6.09. The van der Waals surface area contributed by atoms with Crippen LogP contribution in [-0.4, -0.2) is 48.2 Å². The third kappa shape index (κ3) is 6.15. The van der Waals surface area contributed by atoms with Crippen LogP contribution in [0.3, 0.4) is 0 Å². The third-order valence-electron chi connectivity index (χ3n) is 6.19. The van der Waals surface area contributed by atoms with E-state index in [-0.39, 0.29) is 30.5 Å². The molecule has 1 aromatic rings. The molecular formula is C24H33ClN2O5. The maximum atomic E-state index is 12.5. The number of amides is 1. The topological polar surface area (TPSA) is 81.9 Å². The van der Waals surface area contributed by atoms with E-state index in [4.69, 9.17) is 25.5 Å². The van der Waals surface area contributed by atoms with Crippen LogP contribution in [0.15, 0.2) is 21.6 Å². The zero-order chi connectivity index (χ0) is 23.1. The Hall–Kier alpha value is -2.28. The van der Waals surface area contributed by atoms with Crippen molar-refractivity contribution in [3.05, 3.63) is 34.5 Å². The Morgan fingerprint density at radius 1 is 1.28 bits per heavy atom. The van der Waals surface area contributed by atoms with E-state index in [1.54, 1.807) is 4.90 Å². The molecule has 0 aromatic carbocycles. The largest absolute Gasteiger partial charge is 0.466 e.